The molecule has 1 aromatic heterocycles. The van der Waals surface area contributed by atoms with Gasteiger partial charge < -0.3 is 14.8 Å². The lowest BCUT2D eigenvalue weighted by atomic mass is 10.2. The molecule has 0 saturated carbocycles. The number of benzene rings is 1. The molecule has 108 valence electrons. The molecule has 1 N–H and O–H groups in total. The van der Waals surface area contributed by atoms with Crippen LogP contribution in [0.3, 0.4) is 0 Å². The Morgan fingerprint density at radius 1 is 1.14 bits per heavy atom. The largest absolute Gasteiger partial charge is 0.490 e. The van der Waals surface area contributed by atoms with Crippen molar-refractivity contribution in [1.29, 1.82) is 0 Å². The predicted molar refractivity (Wildman–Crippen MR) is 79.0 cm³/mol. The first-order chi connectivity index (χ1) is 10.2. The fraction of sp³-hybridized carbons (Fsp3) is 0.250. The number of nitrogens with zero attached hydrogens (tertiary/aromatic N) is 1. The quantitative estimate of drug-likeness (QED) is 0.921. The summed E-state index contributed by atoms with van der Waals surface area (Å²) < 4.78 is 11.1. The van der Waals surface area contributed by atoms with E-state index in [1.165, 1.54) is 0 Å². The molecule has 0 saturated heterocycles. The van der Waals surface area contributed by atoms with Gasteiger partial charge in [-0.05, 0) is 37.3 Å². The first kappa shape index (κ1) is 13.4. The zero-order valence-corrected chi connectivity index (χ0v) is 11.8. The van der Waals surface area contributed by atoms with Crippen molar-refractivity contribution in [2.75, 3.05) is 18.5 Å². The van der Waals surface area contributed by atoms with E-state index < -0.39 is 0 Å². The summed E-state index contributed by atoms with van der Waals surface area (Å²) in [5.74, 6) is 1.60. The van der Waals surface area contributed by atoms with Crippen LogP contribution in [0.25, 0.3) is 0 Å². The van der Waals surface area contributed by atoms with Gasteiger partial charge in [0.05, 0.1) is 13.2 Å². The average Bonchev–Trinajstić information content (AvgIpc) is 2.71. The maximum absolute atomic E-state index is 12.2. The number of hydrogen-bond donors (Lipinski definition) is 1. The van der Waals surface area contributed by atoms with Gasteiger partial charge in [0.1, 0.15) is 5.82 Å². The summed E-state index contributed by atoms with van der Waals surface area (Å²) in [7, 11) is 0. The minimum absolute atomic E-state index is 0.219. The second kappa shape index (κ2) is 5.83. The summed E-state index contributed by atoms with van der Waals surface area (Å²) in [6.45, 7) is 3.10. The standard InChI is InChI=1S/C16H16N2O3/c1-11-4-2-5-15(17-11)18-16(19)12-6-7-13-14(10-12)21-9-3-8-20-13/h2,4-7,10H,3,8-9H2,1H3,(H,17,18,19). The van der Waals surface area contributed by atoms with Crippen molar-refractivity contribution in [3.8, 4) is 11.5 Å². The van der Waals surface area contributed by atoms with Crippen molar-refractivity contribution in [3.05, 3.63) is 47.7 Å². The highest BCUT2D eigenvalue weighted by molar-refractivity contribution is 6.04. The molecule has 0 aliphatic carbocycles. The number of fused-ring (bicyclic) bond motifs is 1. The molecule has 5 heteroatoms. The van der Waals surface area contributed by atoms with E-state index in [-0.39, 0.29) is 5.91 Å². The van der Waals surface area contributed by atoms with E-state index >= 15 is 0 Å². The fourth-order valence-electron chi connectivity index (χ4n) is 2.11. The van der Waals surface area contributed by atoms with Gasteiger partial charge in [0, 0.05) is 17.7 Å². The Morgan fingerprint density at radius 2 is 1.95 bits per heavy atom. The second-order valence-electron chi connectivity index (χ2n) is 4.83. The van der Waals surface area contributed by atoms with Gasteiger partial charge in [-0.15, -0.1) is 0 Å². The third-order valence-electron chi connectivity index (χ3n) is 3.14. The van der Waals surface area contributed by atoms with Crippen LogP contribution in [0.5, 0.6) is 11.5 Å². The predicted octanol–water partition coefficient (Wildman–Crippen LogP) is 2.80. The maximum Gasteiger partial charge on any atom is 0.256 e. The summed E-state index contributed by atoms with van der Waals surface area (Å²) >= 11 is 0. The monoisotopic (exact) mass is 284 g/mol. The number of hydrogen-bond acceptors (Lipinski definition) is 4. The maximum atomic E-state index is 12.2. The van der Waals surface area contributed by atoms with Crippen LogP contribution in [0.2, 0.25) is 0 Å². The molecule has 0 bridgehead atoms. The minimum atomic E-state index is -0.219. The van der Waals surface area contributed by atoms with Crippen LogP contribution in [0.1, 0.15) is 22.5 Å². The number of ether oxygens (including phenoxy) is 2. The van der Waals surface area contributed by atoms with Crippen LogP contribution >= 0.6 is 0 Å². The Bertz CT molecular complexity index is 670. The molecular formula is C16H16N2O3. The molecule has 1 aromatic carbocycles. The van der Waals surface area contributed by atoms with E-state index in [4.69, 9.17) is 9.47 Å². The highest BCUT2D eigenvalue weighted by Gasteiger charge is 2.14. The van der Waals surface area contributed by atoms with Gasteiger partial charge in [-0.1, -0.05) is 6.07 Å². The van der Waals surface area contributed by atoms with Gasteiger partial charge in [0.15, 0.2) is 11.5 Å². The van der Waals surface area contributed by atoms with E-state index in [2.05, 4.69) is 10.3 Å². The molecule has 3 rings (SSSR count). The zero-order valence-electron chi connectivity index (χ0n) is 11.8. The zero-order chi connectivity index (χ0) is 14.7. The van der Waals surface area contributed by atoms with Crippen molar-refractivity contribution < 1.29 is 14.3 Å². The highest BCUT2D eigenvalue weighted by Crippen LogP contribution is 2.30. The van der Waals surface area contributed by atoms with Gasteiger partial charge in [0.25, 0.3) is 5.91 Å². The van der Waals surface area contributed by atoms with Gasteiger partial charge in [0.2, 0.25) is 0 Å². The summed E-state index contributed by atoms with van der Waals surface area (Å²) in [5, 5.41) is 2.78. The van der Waals surface area contributed by atoms with E-state index in [0.29, 0.717) is 36.1 Å². The summed E-state index contributed by atoms with van der Waals surface area (Å²) in [5.41, 5.74) is 1.37. The molecule has 0 unspecified atom stereocenters. The van der Waals surface area contributed by atoms with Crippen LogP contribution < -0.4 is 14.8 Å². The third kappa shape index (κ3) is 3.13. The smallest absolute Gasteiger partial charge is 0.256 e. The van der Waals surface area contributed by atoms with Crippen LogP contribution in [0.15, 0.2) is 36.4 Å². The van der Waals surface area contributed by atoms with Crippen molar-refractivity contribution in [2.24, 2.45) is 0 Å². The van der Waals surface area contributed by atoms with Crippen LogP contribution in [0, 0.1) is 6.92 Å². The number of aryl methyl sites for hydroxylation is 1. The lowest BCUT2D eigenvalue weighted by Gasteiger charge is -2.09. The first-order valence-electron chi connectivity index (χ1n) is 6.87. The van der Waals surface area contributed by atoms with Crippen LogP contribution in [0.4, 0.5) is 5.82 Å². The van der Waals surface area contributed by atoms with Gasteiger partial charge >= 0.3 is 0 Å². The molecule has 0 fully saturated rings. The lowest BCUT2D eigenvalue weighted by molar-refractivity contribution is 0.102. The molecule has 2 heterocycles. The molecule has 1 amide bonds. The van der Waals surface area contributed by atoms with Gasteiger partial charge in [-0.3, -0.25) is 4.79 Å². The van der Waals surface area contributed by atoms with Gasteiger partial charge in [-0.2, -0.15) is 0 Å². The summed E-state index contributed by atoms with van der Waals surface area (Å²) in [4.78, 5) is 16.5. The fourth-order valence-corrected chi connectivity index (χ4v) is 2.11. The van der Waals surface area contributed by atoms with Crippen LogP contribution in [-0.4, -0.2) is 24.1 Å². The molecule has 5 nitrogen and oxygen atoms in total. The molecule has 1 aliphatic rings. The molecule has 2 aromatic rings. The van der Waals surface area contributed by atoms with E-state index in [1.807, 2.05) is 19.1 Å². The Labute approximate surface area is 122 Å². The number of carbonyl (C=O) groups excluding carboxylic acids is 1. The Balaban J connectivity index is 1.80. The number of carbonyl (C=O) groups is 1. The molecule has 0 radical (unpaired) electrons. The van der Waals surface area contributed by atoms with E-state index in [9.17, 15) is 4.79 Å². The number of anilines is 1. The lowest BCUT2D eigenvalue weighted by Crippen LogP contribution is -2.13. The summed E-state index contributed by atoms with van der Waals surface area (Å²) in [6, 6.07) is 10.7. The number of aromatic nitrogens is 1. The molecule has 0 spiro atoms. The molecule has 1 aliphatic heterocycles. The Hall–Kier alpha value is -2.56. The van der Waals surface area contributed by atoms with Crippen molar-refractivity contribution in [3.63, 3.8) is 0 Å². The topological polar surface area (TPSA) is 60.5 Å². The summed E-state index contributed by atoms with van der Waals surface area (Å²) in [6.07, 6.45) is 0.837. The number of rotatable bonds is 2. The highest BCUT2D eigenvalue weighted by atomic mass is 16.5. The Kier molecular flexibility index (Phi) is 3.73. The number of nitrogens with one attached hydrogen (secondary N) is 1. The van der Waals surface area contributed by atoms with Gasteiger partial charge in [-0.25, -0.2) is 4.98 Å². The number of pyridine rings is 1. The SMILES string of the molecule is Cc1cccc(NC(=O)c2ccc3c(c2)OCCCO3)n1. The van der Waals surface area contributed by atoms with Crippen molar-refractivity contribution in [2.45, 2.75) is 13.3 Å². The number of amides is 1. The molecule has 0 atom stereocenters. The normalized spacial score (nSPS) is 13.4. The first-order valence-corrected chi connectivity index (χ1v) is 6.87. The van der Waals surface area contributed by atoms with E-state index in [0.717, 1.165) is 12.1 Å². The molecular weight excluding hydrogens is 268 g/mol. The Morgan fingerprint density at radius 3 is 2.76 bits per heavy atom. The second-order valence-corrected chi connectivity index (χ2v) is 4.83. The van der Waals surface area contributed by atoms with E-state index in [1.54, 1.807) is 24.3 Å². The minimum Gasteiger partial charge on any atom is -0.490 e. The van der Waals surface area contributed by atoms with Crippen LogP contribution in [-0.2, 0) is 0 Å². The average molecular weight is 284 g/mol. The van der Waals surface area contributed by atoms with Crippen molar-refractivity contribution >= 4 is 11.7 Å². The van der Waals surface area contributed by atoms with Crippen molar-refractivity contribution in [1.82, 2.24) is 4.98 Å². The molecule has 21 heavy (non-hydrogen) atoms. The third-order valence-corrected chi connectivity index (χ3v) is 3.14.